The number of carbonyl (C=O) groups is 1. The number of benzene rings is 2. The quantitative estimate of drug-likeness (QED) is 0.877. The van der Waals surface area contributed by atoms with Crippen molar-refractivity contribution in [2.75, 3.05) is 11.6 Å². The van der Waals surface area contributed by atoms with Gasteiger partial charge < -0.3 is 10.2 Å². The van der Waals surface area contributed by atoms with Crippen LogP contribution in [0.3, 0.4) is 0 Å². The van der Waals surface area contributed by atoms with Crippen LogP contribution in [0.4, 0.5) is 5.69 Å². The molecule has 0 spiro atoms. The van der Waals surface area contributed by atoms with Gasteiger partial charge in [-0.1, -0.05) is 60.1 Å². The number of carbonyl (C=O) groups excluding carboxylic acids is 1. The van der Waals surface area contributed by atoms with Crippen LogP contribution in [0.5, 0.6) is 0 Å². The molecule has 0 unspecified atom stereocenters. The van der Waals surface area contributed by atoms with E-state index < -0.39 is 0 Å². The van der Waals surface area contributed by atoms with Gasteiger partial charge in [-0.2, -0.15) is 0 Å². The third kappa shape index (κ3) is 3.60. The Kier molecular flexibility index (Phi) is 4.74. The number of aliphatic imine (C=N–C) groups is 1. The number of hydrogen-bond acceptors (Lipinski definition) is 3. The summed E-state index contributed by atoms with van der Waals surface area (Å²) in [5.74, 6) is -0.233. The number of hydrogen-bond donors (Lipinski definition) is 1. The van der Waals surface area contributed by atoms with Crippen LogP contribution in [-0.2, 0) is 11.3 Å². The number of anilines is 1. The van der Waals surface area contributed by atoms with Gasteiger partial charge in [0, 0.05) is 18.4 Å². The molecule has 23 heavy (non-hydrogen) atoms. The molecule has 5 heteroatoms. The van der Waals surface area contributed by atoms with E-state index in [0.717, 1.165) is 11.3 Å². The van der Waals surface area contributed by atoms with Gasteiger partial charge in [0.2, 0.25) is 0 Å². The third-order valence-electron chi connectivity index (χ3n) is 3.51. The van der Waals surface area contributed by atoms with Gasteiger partial charge >= 0.3 is 0 Å². The van der Waals surface area contributed by atoms with E-state index in [0.29, 0.717) is 23.9 Å². The second-order valence-corrected chi connectivity index (χ2v) is 5.45. The number of rotatable bonds is 4. The minimum atomic E-state index is -0.233. The van der Waals surface area contributed by atoms with Crippen LogP contribution >= 0.6 is 11.6 Å². The number of para-hydroxylation sites is 1. The van der Waals surface area contributed by atoms with E-state index in [-0.39, 0.29) is 5.91 Å². The zero-order valence-corrected chi connectivity index (χ0v) is 13.2. The Hall–Kier alpha value is -2.59. The number of amides is 1. The molecular weight excluding hydrogens is 310 g/mol. The van der Waals surface area contributed by atoms with Crippen molar-refractivity contribution in [3.63, 3.8) is 0 Å². The molecule has 116 valence electrons. The second-order valence-electron chi connectivity index (χ2n) is 5.09. The van der Waals surface area contributed by atoms with Crippen LogP contribution in [0.25, 0.3) is 0 Å². The van der Waals surface area contributed by atoms with Gasteiger partial charge in [-0.15, -0.1) is 0 Å². The zero-order chi connectivity index (χ0) is 16.1. The molecule has 2 aromatic rings. The minimum absolute atomic E-state index is 0.233. The van der Waals surface area contributed by atoms with Crippen molar-refractivity contribution in [1.82, 2.24) is 5.32 Å². The highest BCUT2D eigenvalue weighted by molar-refractivity contribution is 6.36. The second kappa shape index (κ2) is 7.11. The van der Waals surface area contributed by atoms with E-state index in [9.17, 15) is 4.79 Å². The predicted molar refractivity (Wildman–Crippen MR) is 93.4 cm³/mol. The maximum Gasteiger partial charge on any atom is 0.256 e. The molecule has 0 bridgehead atoms. The van der Waals surface area contributed by atoms with E-state index in [1.807, 2.05) is 60.7 Å². The van der Waals surface area contributed by atoms with Crippen LogP contribution in [0, 0.1) is 0 Å². The van der Waals surface area contributed by atoms with Crippen molar-refractivity contribution in [3.05, 3.63) is 77.0 Å². The number of halogens is 1. The van der Waals surface area contributed by atoms with E-state index >= 15 is 0 Å². The van der Waals surface area contributed by atoms with Gasteiger partial charge in [-0.25, -0.2) is 0 Å². The van der Waals surface area contributed by atoms with Gasteiger partial charge in [0.25, 0.3) is 5.91 Å². The summed E-state index contributed by atoms with van der Waals surface area (Å²) in [6.45, 7) is 0.852. The van der Waals surface area contributed by atoms with Gasteiger partial charge in [0.15, 0.2) is 0 Å². The van der Waals surface area contributed by atoms with E-state index in [1.54, 1.807) is 4.90 Å². The first-order chi connectivity index (χ1) is 11.3. The van der Waals surface area contributed by atoms with Crippen molar-refractivity contribution in [2.45, 2.75) is 6.54 Å². The average Bonchev–Trinajstić information content (AvgIpc) is 2.61. The summed E-state index contributed by atoms with van der Waals surface area (Å²) in [6, 6.07) is 19.4. The van der Waals surface area contributed by atoms with Crippen LogP contribution in [0.2, 0.25) is 0 Å². The summed E-state index contributed by atoms with van der Waals surface area (Å²) in [4.78, 5) is 18.4. The highest BCUT2D eigenvalue weighted by atomic mass is 35.5. The van der Waals surface area contributed by atoms with Crippen molar-refractivity contribution >= 4 is 29.4 Å². The Morgan fingerprint density at radius 3 is 2.43 bits per heavy atom. The van der Waals surface area contributed by atoms with Gasteiger partial charge in [0.1, 0.15) is 11.8 Å². The molecule has 1 amide bonds. The third-order valence-corrected chi connectivity index (χ3v) is 3.92. The Balaban J connectivity index is 1.75. The molecule has 0 aliphatic carbocycles. The predicted octanol–water partition coefficient (Wildman–Crippen LogP) is 3.30. The smallest absolute Gasteiger partial charge is 0.256 e. The fourth-order valence-corrected chi connectivity index (χ4v) is 2.59. The number of nitrogens with zero attached hydrogens (tertiary/aromatic N) is 2. The Bertz CT molecular complexity index is 741. The van der Waals surface area contributed by atoms with Crippen LogP contribution in [0.15, 0.2) is 76.4 Å². The molecule has 0 radical (unpaired) electrons. The Labute approximate surface area is 140 Å². The lowest BCUT2D eigenvalue weighted by Gasteiger charge is -2.26. The molecule has 1 heterocycles. The maximum absolute atomic E-state index is 12.4. The van der Waals surface area contributed by atoms with Crippen LogP contribution in [-0.4, -0.2) is 18.8 Å². The normalized spacial score (nSPS) is 14.0. The molecule has 3 rings (SSSR count). The Morgan fingerprint density at radius 1 is 1.09 bits per heavy atom. The zero-order valence-electron chi connectivity index (χ0n) is 12.4. The lowest BCUT2D eigenvalue weighted by molar-refractivity contribution is -0.117. The molecule has 0 saturated heterocycles. The summed E-state index contributed by atoms with van der Waals surface area (Å²) in [5, 5.41) is 3.26. The SMILES string of the molecule is O=C(NCc1ccccc1)C1=C(Cl)N(c2ccccc2)CN=C1. The first kappa shape index (κ1) is 15.3. The molecule has 1 aliphatic rings. The summed E-state index contributed by atoms with van der Waals surface area (Å²) >= 11 is 6.41. The maximum atomic E-state index is 12.4. The van der Waals surface area contributed by atoms with Crippen molar-refractivity contribution in [2.24, 2.45) is 4.99 Å². The van der Waals surface area contributed by atoms with Crippen LogP contribution < -0.4 is 10.2 Å². The van der Waals surface area contributed by atoms with E-state index in [4.69, 9.17) is 11.6 Å². The van der Waals surface area contributed by atoms with E-state index in [2.05, 4.69) is 10.3 Å². The summed E-state index contributed by atoms with van der Waals surface area (Å²) in [7, 11) is 0. The Morgan fingerprint density at radius 2 is 1.74 bits per heavy atom. The summed E-state index contributed by atoms with van der Waals surface area (Å²) in [5.41, 5.74) is 2.31. The highest BCUT2D eigenvalue weighted by Crippen LogP contribution is 2.25. The summed E-state index contributed by atoms with van der Waals surface area (Å²) < 4.78 is 0. The molecule has 0 aromatic heterocycles. The molecule has 4 nitrogen and oxygen atoms in total. The number of nitrogens with one attached hydrogen (secondary N) is 1. The fraction of sp³-hybridized carbons (Fsp3) is 0.111. The largest absolute Gasteiger partial charge is 0.348 e. The lowest BCUT2D eigenvalue weighted by atomic mass is 10.2. The van der Waals surface area contributed by atoms with Gasteiger partial charge in [-0.05, 0) is 17.7 Å². The molecule has 2 aromatic carbocycles. The van der Waals surface area contributed by atoms with Gasteiger partial charge in [-0.3, -0.25) is 9.79 Å². The van der Waals surface area contributed by atoms with Crippen molar-refractivity contribution in [1.29, 1.82) is 0 Å². The van der Waals surface area contributed by atoms with Gasteiger partial charge in [0.05, 0.1) is 5.57 Å². The van der Waals surface area contributed by atoms with Crippen LogP contribution in [0.1, 0.15) is 5.56 Å². The van der Waals surface area contributed by atoms with Crippen molar-refractivity contribution < 1.29 is 4.79 Å². The first-order valence-corrected chi connectivity index (χ1v) is 7.68. The average molecular weight is 326 g/mol. The lowest BCUT2D eigenvalue weighted by Crippen LogP contribution is -2.32. The van der Waals surface area contributed by atoms with E-state index in [1.165, 1.54) is 6.21 Å². The molecule has 0 fully saturated rings. The molecule has 1 aliphatic heterocycles. The molecular formula is C18H16ClN3O. The fourth-order valence-electron chi connectivity index (χ4n) is 2.30. The topological polar surface area (TPSA) is 44.7 Å². The summed E-state index contributed by atoms with van der Waals surface area (Å²) in [6.07, 6.45) is 1.53. The molecule has 0 saturated carbocycles. The standard InChI is InChI=1S/C18H16ClN3O/c19-17-16(18(23)21-11-14-7-3-1-4-8-14)12-20-13-22(17)15-9-5-2-6-10-15/h1-10,12H,11,13H2,(H,21,23). The highest BCUT2D eigenvalue weighted by Gasteiger charge is 2.21. The monoisotopic (exact) mass is 325 g/mol. The molecule has 1 N–H and O–H groups in total. The minimum Gasteiger partial charge on any atom is -0.348 e. The van der Waals surface area contributed by atoms with Crippen molar-refractivity contribution in [3.8, 4) is 0 Å². The molecule has 0 atom stereocenters. The first-order valence-electron chi connectivity index (χ1n) is 7.30.